The van der Waals surface area contributed by atoms with Crippen LogP contribution in [0.4, 0.5) is 0 Å². The molecule has 0 N–H and O–H groups in total. The molecule has 200 valence electrons. The van der Waals surface area contributed by atoms with Crippen molar-refractivity contribution >= 4 is 0 Å². The van der Waals surface area contributed by atoms with E-state index in [0.29, 0.717) is 6.61 Å². The van der Waals surface area contributed by atoms with Crippen molar-refractivity contribution in [3.8, 4) is 0 Å². The Hall–Kier alpha value is -0.240. The highest BCUT2D eigenvalue weighted by Gasteiger charge is 2.69. The van der Waals surface area contributed by atoms with Crippen LogP contribution in [0, 0.1) is 0 Å². The number of nitrogens with zero attached hydrogens (tertiary/aromatic N) is 1. The summed E-state index contributed by atoms with van der Waals surface area (Å²) in [5, 5.41) is 0. The Morgan fingerprint density at radius 2 is 1.47 bits per heavy atom. The van der Waals surface area contributed by atoms with Crippen LogP contribution in [0.15, 0.2) is 0 Å². The van der Waals surface area contributed by atoms with Gasteiger partial charge < -0.3 is 23.7 Å². The van der Waals surface area contributed by atoms with E-state index in [-0.39, 0.29) is 24.5 Å². The molecule has 0 amide bonds. The van der Waals surface area contributed by atoms with Crippen LogP contribution in [-0.4, -0.2) is 67.3 Å². The zero-order valence-corrected chi connectivity index (χ0v) is 22.8. The van der Waals surface area contributed by atoms with Crippen LogP contribution in [0.5, 0.6) is 0 Å². The summed E-state index contributed by atoms with van der Waals surface area (Å²) in [5.41, 5.74) is 0. The SMILES string of the molecule is CCCCCCCCCCCCOC(N1CCCCC1)[C@@]12O[C@@H](C)[C@@H](OCC)[C@@H]1OC(C)(C)O2. The van der Waals surface area contributed by atoms with Gasteiger partial charge in [0.25, 0.3) is 0 Å². The number of rotatable bonds is 16. The van der Waals surface area contributed by atoms with Gasteiger partial charge in [-0.05, 0) is 47.0 Å². The summed E-state index contributed by atoms with van der Waals surface area (Å²) in [7, 11) is 0. The molecule has 0 aromatic heterocycles. The van der Waals surface area contributed by atoms with Gasteiger partial charge in [0, 0.05) is 26.3 Å². The van der Waals surface area contributed by atoms with Crippen molar-refractivity contribution in [2.45, 2.75) is 154 Å². The lowest BCUT2D eigenvalue weighted by Gasteiger charge is -2.43. The lowest BCUT2D eigenvalue weighted by atomic mass is 10.0. The molecule has 6 heteroatoms. The molecule has 0 saturated carbocycles. The molecule has 5 atom stereocenters. The molecule has 0 bridgehead atoms. The van der Waals surface area contributed by atoms with Gasteiger partial charge in [-0.1, -0.05) is 71.1 Å². The van der Waals surface area contributed by atoms with Crippen molar-refractivity contribution in [3.63, 3.8) is 0 Å². The molecular formula is C28H53NO5. The fourth-order valence-corrected chi connectivity index (χ4v) is 5.92. The summed E-state index contributed by atoms with van der Waals surface area (Å²) in [6.45, 7) is 13.7. The predicted molar refractivity (Wildman–Crippen MR) is 136 cm³/mol. The maximum Gasteiger partial charge on any atom is 0.241 e. The number of likely N-dealkylation sites (tertiary alicyclic amines) is 1. The molecule has 0 aromatic rings. The molecule has 0 aliphatic carbocycles. The topological polar surface area (TPSA) is 49.4 Å². The second-order valence-corrected chi connectivity index (χ2v) is 11.0. The Morgan fingerprint density at radius 1 is 0.853 bits per heavy atom. The van der Waals surface area contributed by atoms with Crippen molar-refractivity contribution in [2.75, 3.05) is 26.3 Å². The van der Waals surface area contributed by atoms with E-state index in [2.05, 4.69) is 18.7 Å². The Labute approximate surface area is 209 Å². The molecule has 1 unspecified atom stereocenters. The van der Waals surface area contributed by atoms with Gasteiger partial charge in [-0.15, -0.1) is 0 Å². The van der Waals surface area contributed by atoms with E-state index < -0.39 is 11.6 Å². The van der Waals surface area contributed by atoms with Crippen molar-refractivity contribution in [2.24, 2.45) is 0 Å². The summed E-state index contributed by atoms with van der Waals surface area (Å²) in [4.78, 5) is 2.43. The molecule has 34 heavy (non-hydrogen) atoms. The largest absolute Gasteiger partial charge is 0.373 e. The molecule has 6 nitrogen and oxygen atoms in total. The molecule has 0 spiro atoms. The highest BCUT2D eigenvalue weighted by molar-refractivity contribution is 5.06. The molecule has 3 aliphatic heterocycles. The Kier molecular flexibility index (Phi) is 11.6. The number of hydrogen-bond donors (Lipinski definition) is 0. The summed E-state index contributed by atoms with van der Waals surface area (Å²) in [5.74, 6) is -1.67. The smallest absolute Gasteiger partial charge is 0.241 e. The second-order valence-electron chi connectivity index (χ2n) is 11.0. The van der Waals surface area contributed by atoms with Crippen molar-refractivity contribution in [3.05, 3.63) is 0 Å². The molecule has 3 aliphatic rings. The number of hydrogen-bond acceptors (Lipinski definition) is 6. The van der Waals surface area contributed by atoms with Crippen molar-refractivity contribution in [1.29, 1.82) is 0 Å². The third kappa shape index (κ3) is 7.39. The fourth-order valence-electron chi connectivity index (χ4n) is 5.92. The standard InChI is InChI=1S/C28H53NO5/c1-6-8-9-10-11-12-13-14-15-19-22-31-26(29-20-17-16-18-21-29)28-25(33-27(4,5)34-28)24(30-7-2)23(3)32-28/h23-26H,6-22H2,1-5H3/t23-,24+,25-,26?,28+/m0/s1. The van der Waals surface area contributed by atoms with Crippen LogP contribution in [0.3, 0.4) is 0 Å². The quantitative estimate of drug-likeness (QED) is 0.237. The third-order valence-electron chi connectivity index (χ3n) is 7.54. The summed E-state index contributed by atoms with van der Waals surface area (Å²) < 4.78 is 32.3. The van der Waals surface area contributed by atoms with Gasteiger partial charge in [-0.2, -0.15) is 0 Å². The van der Waals surface area contributed by atoms with Crippen LogP contribution >= 0.6 is 0 Å². The predicted octanol–water partition coefficient (Wildman–Crippen LogP) is 6.41. The third-order valence-corrected chi connectivity index (χ3v) is 7.54. The van der Waals surface area contributed by atoms with Crippen molar-refractivity contribution in [1.82, 2.24) is 4.90 Å². The summed E-state index contributed by atoms with van der Waals surface area (Å²) >= 11 is 0. The maximum absolute atomic E-state index is 6.65. The fraction of sp³-hybridized carbons (Fsp3) is 1.00. The Balaban J connectivity index is 1.55. The first-order valence-electron chi connectivity index (χ1n) is 14.5. The zero-order chi connectivity index (χ0) is 24.4. The van der Waals surface area contributed by atoms with Crippen LogP contribution in [-0.2, 0) is 23.7 Å². The second kappa shape index (κ2) is 13.9. The number of unbranched alkanes of at least 4 members (excludes halogenated alkanes) is 9. The molecule has 3 heterocycles. The van der Waals surface area contributed by atoms with E-state index in [1.54, 1.807) is 0 Å². The normalized spacial score (nSPS) is 32.2. The minimum Gasteiger partial charge on any atom is -0.373 e. The number of ether oxygens (including phenoxy) is 5. The molecule has 3 fully saturated rings. The van der Waals surface area contributed by atoms with E-state index in [0.717, 1.165) is 26.1 Å². The zero-order valence-electron chi connectivity index (χ0n) is 22.8. The first-order chi connectivity index (χ1) is 16.4. The van der Waals surface area contributed by atoms with Crippen LogP contribution in [0.25, 0.3) is 0 Å². The summed E-state index contributed by atoms with van der Waals surface area (Å²) in [6.07, 6.45) is 16.0. The minimum absolute atomic E-state index is 0.103. The monoisotopic (exact) mass is 483 g/mol. The summed E-state index contributed by atoms with van der Waals surface area (Å²) in [6, 6.07) is 0. The average molecular weight is 484 g/mol. The van der Waals surface area contributed by atoms with Crippen LogP contribution in [0.1, 0.15) is 118 Å². The highest BCUT2D eigenvalue weighted by atomic mass is 16.9. The van der Waals surface area contributed by atoms with Gasteiger partial charge in [0.1, 0.15) is 12.2 Å². The van der Waals surface area contributed by atoms with E-state index >= 15 is 0 Å². The number of fused-ring (bicyclic) bond motifs is 1. The van der Waals surface area contributed by atoms with Gasteiger partial charge in [0.05, 0.1) is 6.10 Å². The van der Waals surface area contributed by atoms with Gasteiger partial charge >= 0.3 is 0 Å². The average Bonchev–Trinajstić information content (AvgIpc) is 3.22. The van der Waals surface area contributed by atoms with Crippen LogP contribution < -0.4 is 0 Å². The Bertz CT molecular complexity index is 567. The lowest BCUT2D eigenvalue weighted by molar-refractivity contribution is -0.325. The van der Waals surface area contributed by atoms with Gasteiger partial charge in [0.15, 0.2) is 12.0 Å². The van der Waals surface area contributed by atoms with Gasteiger partial charge in [-0.3, -0.25) is 4.90 Å². The van der Waals surface area contributed by atoms with Gasteiger partial charge in [-0.25, -0.2) is 0 Å². The highest BCUT2D eigenvalue weighted by Crippen LogP contribution is 2.50. The van der Waals surface area contributed by atoms with E-state index in [4.69, 9.17) is 23.7 Å². The van der Waals surface area contributed by atoms with E-state index in [1.165, 1.54) is 77.0 Å². The van der Waals surface area contributed by atoms with E-state index in [9.17, 15) is 0 Å². The molecular weight excluding hydrogens is 430 g/mol. The Morgan fingerprint density at radius 3 is 2.09 bits per heavy atom. The number of piperidine rings is 1. The molecule has 3 rings (SSSR count). The van der Waals surface area contributed by atoms with Gasteiger partial charge in [0.2, 0.25) is 5.79 Å². The lowest BCUT2D eigenvalue weighted by Crippen LogP contribution is -2.60. The van der Waals surface area contributed by atoms with Crippen LogP contribution in [0.2, 0.25) is 0 Å². The minimum atomic E-state index is -0.946. The van der Waals surface area contributed by atoms with E-state index in [1.807, 2.05) is 20.8 Å². The maximum atomic E-state index is 6.65. The molecule has 3 saturated heterocycles. The molecule has 0 aromatic carbocycles. The first kappa shape index (κ1) is 28.3. The molecule has 0 radical (unpaired) electrons. The first-order valence-corrected chi connectivity index (χ1v) is 14.5. The van der Waals surface area contributed by atoms with Crippen molar-refractivity contribution < 1.29 is 23.7 Å².